The predicted molar refractivity (Wildman–Crippen MR) is 102 cm³/mol. The topological polar surface area (TPSA) is 85.9 Å². The number of ether oxygens (including phenoxy) is 3. The van der Waals surface area contributed by atoms with Gasteiger partial charge in [-0.3, -0.25) is 0 Å². The van der Waals surface area contributed by atoms with Crippen LogP contribution in [0.2, 0.25) is 0 Å². The molecule has 0 saturated heterocycles. The first kappa shape index (κ1) is 18.7. The fraction of sp³-hybridized carbons (Fsp3) is 0.524. The van der Waals surface area contributed by atoms with Gasteiger partial charge in [-0.1, -0.05) is 19.9 Å². The number of carbonyl (C=O) groups is 2. The molecule has 0 spiro atoms. The molecule has 1 aliphatic carbocycles. The van der Waals surface area contributed by atoms with E-state index in [4.69, 9.17) is 14.2 Å². The summed E-state index contributed by atoms with van der Waals surface area (Å²) in [5, 5.41) is 5.52. The number of benzene rings is 1. The summed E-state index contributed by atoms with van der Waals surface area (Å²) < 4.78 is 16.6. The number of allylic oxidation sites excluding steroid dienone is 1. The van der Waals surface area contributed by atoms with Crippen LogP contribution in [-0.4, -0.2) is 24.9 Å². The molecular formula is C21H26N2O5. The first-order chi connectivity index (χ1) is 13.4. The fourth-order valence-corrected chi connectivity index (χ4v) is 4.13. The molecule has 0 radical (unpaired) electrons. The molecule has 150 valence electrons. The summed E-state index contributed by atoms with van der Waals surface area (Å²) in [4.78, 5) is 25.1. The smallest absolute Gasteiger partial charge is 0.338 e. The molecule has 0 bridgehead atoms. The van der Waals surface area contributed by atoms with Crippen molar-refractivity contribution < 1.29 is 23.8 Å². The van der Waals surface area contributed by atoms with Gasteiger partial charge in [0.05, 0.1) is 11.6 Å². The molecule has 0 aromatic heterocycles. The van der Waals surface area contributed by atoms with Gasteiger partial charge in [-0.2, -0.15) is 0 Å². The zero-order chi connectivity index (χ0) is 19.8. The van der Waals surface area contributed by atoms with E-state index in [0.717, 1.165) is 24.8 Å². The van der Waals surface area contributed by atoms with Crippen molar-refractivity contribution in [3.63, 3.8) is 0 Å². The highest BCUT2D eigenvalue weighted by atomic mass is 16.7. The van der Waals surface area contributed by atoms with Crippen molar-refractivity contribution in [1.29, 1.82) is 0 Å². The van der Waals surface area contributed by atoms with E-state index in [9.17, 15) is 9.59 Å². The monoisotopic (exact) mass is 386 g/mol. The Labute approximate surface area is 164 Å². The Morgan fingerprint density at radius 3 is 2.71 bits per heavy atom. The molecule has 3 aliphatic rings. The van der Waals surface area contributed by atoms with Gasteiger partial charge in [0.2, 0.25) is 6.79 Å². The van der Waals surface area contributed by atoms with Crippen molar-refractivity contribution in [3.05, 3.63) is 35.0 Å². The second-order valence-electron chi connectivity index (χ2n) is 7.98. The van der Waals surface area contributed by atoms with Crippen LogP contribution >= 0.6 is 0 Å². The van der Waals surface area contributed by atoms with Crippen LogP contribution < -0.4 is 20.1 Å². The summed E-state index contributed by atoms with van der Waals surface area (Å²) >= 11 is 0. The van der Waals surface area contributed by atoms with E-state index >= 15 is 0 Å². The van der Waals surface area contributed by atoms with E-state index < -0.39 is 6.04 Å². The quantitative estimate of drug-likeness (QED) is 0.778. The van der Waals surface area contributed by atoms with Gasteiger partial charge in [0.1, 0.15) is 6.10 Å². The minimum Gasteiger partial charge on any atom is -0.459 e. The summed E-state index contributed by atoms with van der Waals surface area (Å²) in [6.07, 6.45) is 2.71. The standard InChI is InChI=1S/C21H26N2O5/c1-11-4-6-15(8-12(11)2)28-20(24)18-13(3)22-21(25)23-19(18)14-5-7-16-17(9-14)27-10-26-16/h5,7,9,11-12,15,19H,4,6,8,10H2,1-3H3,(H2,22,23,25)/t11-,12+,15+,19+/m0/s1. The SMILES string of the molecule is CC1=C(C(=O)O[C@@H]2CC[C@H](C)[C@H](C)C2)[C@@H](c2ccc3c(c2)OCO3)NC(=O)N1. The maximum Gasteiger partial charge on any atom is 0.338 e. The number of amides is 2. The number of hydrogen-bond donors (Lipinski definition) is 2. The molecule has 2 amide bonds. The lowest BCUT2D eigenvalue weighted by Gasteiger charge is -2.33. The van der Waals surface area contributed by atoms with E-state index in [0.29, 0.717) is 34.6 Å². The Hall–Kier alpha value is -2.70. The Morgan fingerprint density at radius 2 is 1.93 bits per heavy atom. The number of rotatable bonds is 3. The molecule has 1 fully saturated rings. The van der Waals surface area contributed by atoms with Crippen LogP contribution in [0.15, 0.2) is 29.5 Å². The molecule has 7 nitrogen and oxygen atoms in total. The number of urea groups is 1. The van der Waals surface area contributed by atoms with E-state index in [1.165, 1.54) is 0 Å². The zero-order valence-electron chi connectivity index (χ0n) is 16.4. The summed E-state index contributed by atoms with van der Waals surface area (Å²) in [6, 6.07) is 4.46. The van der Waals surface area contributed by atoms with Gasteiger partial charge in [-0.05, 0) is 55.7 Å². The van der Waals surface area contributed by atoms with Crippen molar-refractivity contribution in [2.24, 2.45) is 11.8 Å². The van der Waals surface area contributed by atoms with Crippen molar-refractivity contribution >= 4 is 12.0 Å². The lowest BCUT2D eigenvalue weighted by Crippen LogP contribution is -2.45. The average Bonchev–Trinajstić information content (AvgIpc) is 3.11. The van der Waals surface area contributed by atoms with Gasteiger partial charge in [-0.15, -0.1) is 0 Å². The molecule has 0 unspecified atom stereocenters. The molecule has 2 aliphatic heterocycles. The minimum atomic E-state index is -0.601. The van der Waals surface area contributed by atoms with Crippen molar-refractivity contribution in [3.8, 4) is 11.5 Å². The minimum absolute atomic E-state index is 0.0889. The van der Waals surface area contributed by atoms with Crippen LogP contribution in [0.1, 0.15) is 51.6 Å². The predicted octanol–water partition coefficient (Wildman–Crippen LogP) is 3.41. The van der Waals surface area contributed by atoms with E-state index in [1.54, 1.807) is 19.1 Å². The van der Waals surface area contributed by atoms with Crippen molar-refractivity contribution in [2.75, 3.05) is 6.79 Å². The second kappa shape index (κ2) is 7.37. The third-order valence-electron chi connectivity index (χ3n) is 6.04. The van der Waals surface area contributed by atoms with Gasteiger partial charge < -0.3 is 24.8 Å². The second-order valence-corrected chi connectivity index (χ2v) is 7.98. The molecular weight excluding hydrogens is 360 g/mol. The van der Waals surface area contributed by atoms with E-state index in [1.807, 2.05) is 6.07 Å². The first-order valence-electron chi connectivity index (χ1n) is 9.81. The molecule has 2 N–H and O–H groups in total. The van der Waals surface area contributed by atoms with Crippen LogP contribution in [0.25, 0.3) is 0 Å². The van der Waals surface area contributed by atoms with Crippen LogP contribution in [0.5, 0.6) is 11.5 Å². The molecule has 4 rings (SSSR count). The van der Waals surface area contributed by atoms with Crippen LogP contribution in [-0.2, 0) is 9.53 Å². The molecule has 1 aromatic carbocycles. The van der Waals surface area contributed by atoms with Gasteiger partial charge in [0.15, 0.2) is 11.5 Å². The highest BCUT2D eigenvalue weighted by Gasteiger charge is 2.35. The molecule has 1 saturated carbocycles. The van der Waals surface area contributed by atoms with Crippen LogP contribution in [0.3, 0.4) is 0 Å². The maximum atomic E-state index is 13.1. The van der Waals surface area contributed by atoms with Crippen molar-refractivity contribution in [1.82, 2.24) is 10.6 Å². The Bertz CT molecular complexity index is 834. The normalized spacial score (nSPS) is 29.2. The zero-order valence-corrected chi connectivity index (χ0v) is 16.4. The fourth-order valence-electron chi connectivity index (χ4n) is 4.13. The number of nitrogens with one attached hydrogen (secondary N) is 2. The van der Waals surface area contributed by atoms with Gasteiger partial charge >= 0.3 is 12.0 Å². The lowest BCUT2D eigenvalue weighted by atomic mass is 9.80. The summed E-state index contributed by atoms with van der Waals surface area (Å²) in [7, 11) is 0. The Balaban J connectivity index is 1.58. The third kappa shape index (κ3) is 3.53. The van der Waals surface area contributed by atoms with Gasteiger partial charge in [-0.25, -0.2) is 9.59 Å². The first-order valence-corrected chi connectivity index (χ1v) is 9.81. The number of carbonyl (C=O) groups excluding carboxylic acids is 2. The average molecular weight is 386 g/mol. The van der Waals surface area contributed by atoms with E-state index in [-0.39, 0.29) is 24.9 Å². The van der Waals surface area contributed by atoms with Crippen LogP contribution in [0.4, 0.5) is 4.79 Å². The lowest BCUT2D eigenvalue weighted by molar-refractivity contribution is -0.147. The molecule has 1 aromatic rings. The highest BCUT2D eigenvalue weighted by molar-refractivity contribution is 5.95. The molecule has 4 atom stereocenters. The largest absolute Gasteiger partial charge is 0.459 e. The summed E-state index contributed by atoms with van der Waals surface area (Å²) in [6.45, 7) is 6.33. The molecule has 7 heteroatoms. The molecule has 28 heavy (non-hydrogen) atoms. The number of esters is 1. The Morgan fingerprint density at radius 1 is 1.14 bits per heavy atom. The summed E-state index contributed by atoms with van der Waals surface area (Å²) in [5.74, 6) is 2.03. The van der Waals surface area contributed by atoms with E-state index in [2.05, 4.69) is 24.5 Å². The van der Waals surface area contributed by atoms with Crippen molar-refractivity contribution in [2.45, 2.75) is 52.2 Å². The maximum absolute atomic E-state index is 13.1. The van der Waals surface area contributed by atoms with Crippen LogP contribution in [0, 0.1) is 11.8 Å². The van der Waals surface area contributed by atoms with Gasteiger partial charge in [0, 0.05) is 5.70 Å². The Kier molecular flexibility index (Phi) is 4.91. The summed E-state index contributed by atoms with van der Waals surface area (Å²) in [5.41, 5.74) is 1.68. The number of hydrogen-bond acceptors (Lipinski definition) is 5. The molecule has 2 heterocycles. The van der Waals surface area contributed by atoms with Gasteiger partial charge in [0.25, 0.3) is 0 Å². The highest BCUT2D eigenvalue weighted by Crippen LogP contribution is 2.38. The third-order valence-corrected chi connectivity index (χ3v) is 6.04. The number of fused-ring (bicyclic) bond motifs is 1.